The number of halogens is 3. The van der Waals surface area contributed by atoms with Gasteiger partial charge in [-0.1, -0.05) is 55.4 Å². The van der Waals surface area contributed by atoms with Crippen LogP contribution in [0.3, 0.4) is 0 Å². The van der Waals surface area contributed by atoms with Crippen molar-refractivity contribution in [2.24, 2.45) is 0 Å². The maximum atomic E-state index is 12.9. The first-order valence-electron chi connectivity index (χ1n) is 15.0. The van der Waals surface area contributed by atoms with E-state index in [4.69, 9.17) is 27.2 Å². The largest absolute Gasteiger partial charge is 0.471 e. The minimum Gasteiger partial charge on any atom is -0.414 e. The predicted molar refractivity (Wildman–Crippen MR) is 158 cm³/mol. The molecule has 2 N–H and O–H groups in total. The number of aromatic amines is 1. The van der Waals surface area contributed by atoms with Gasteiger partial charge in [-0.2, -0.15) is 13.2 Å². The van der Waals surface area contributed by atoms with Crippen LogP contribution in [0.2, 0.25) is 22.2 Å². The molecule has 0 radical (unpaired) electrons. The van der Waals surface area contributed by atoms with Crippen LogP contribution in [-0.2, 0) is 32.0 Å². The number of alkyl halides is 3. The maximum Gasteiger partial charge on any atom is 0.471 e. The van der Waals surface area contributed by atoms with Crippen molar-refractivity contribution in [2.75, 3.05) is 26.6 Å². The lowest BCUT2D eigenvalue weighted by molar-refractivity contribution is -0.173. The zero-order valence-corrected chi connectivity index (χ0v) is 28.6. The van der Waals surface area contributed by atoms with Gasteiger partial charge in [-0.3, -0.25) is 19.1 Å². The van der Waals surface area contributed by atoms with Gasteiger partial charge < -0.3 is 32.5 Å². The monoisotopic (exact) mass is 669 g/mol. The molecule has 44 heavy (non-hydrogen) atoms. The van der Waals surface area contributed by atoms with Crippen molar-refractivity contribution in [2.45, 2.75) is 115 Å². The van der Waals surface area contributed by atoms with E-state index in [9.17, 15) is 27.6 Å². The third-order valence-electron chi connectivity index (χ3n) is 8.09. The van der Waals surface area contributed by atoms with Crippen molar-refractivity contribution >= 4 is 23.0 Å². The van der Waals surface area contributed by atoms with Crippen LogP contribution in [-0.4, -0.2) is 83.6 Å². The van der Waals surface area contributed by atoms with Crippen LogP contribution in [0.5, 0.6) is 0 Å². The van der Waals surface area contributed by atoms with E-state index in [0.29, 0.717) is 0 Å². The highest BCUT2D eigenvalue weighted by Gasteiger charge is 2.62. The molecule has 2 aliphatic rings. The lowest BCUT2D eigenvalue weighted by atomic mass is 10.1. The van der Waals surface area contributed by atoms with Crippen LogP contribution in [0.4, 0.5) is 13.2 Å². The smallest absolute Gasteiger partial charge is 0.414 e. The fourth-order valence-electron chi connectivity index (χ4n) is 5.81. The molecule has 17 heteroatoms. The van der Waals surface area contributed by atoms with Crippen LogP contribution in [0.15, 0.2) is 21.9 Å². The Hall–Kier alpha value is -1.87. The van der Waals surface area contributed by atoms with Gasteiger partial charge in [-0.05, 0) is 28.6 Å². The molecule has 0 saturated carbocycles. The third kappa shape index (κ3) is 7.91. The number of carbonyl (C=O) groups excluding carboxylic acids is 1. The standard InChI is InChI=1S/C27H46F3N3O9Si2/c1-16(2)43(17(3)4)39-14-20-22(41-44(42-43,18(5)6)19(7)8)23(24(40-20)33-12-10-21(34)32-26(33)36)38-15-37-13-9-11-31-25(35)27(28,29)30/h10,12,16-20,22-24H,9,11,13-15H2,1-8H3,(H,31,35)(H,32,34,36)/t20-,22-,23-,24-/m1/s1. The summed E-state index contributed by atoms with van der Waals surface area (Å²) < 4.78 is 77.6. The van der Waals surface area contributed by atoms with Crippen molar-refractivity contribution in [3.8, 4) is 0 Å². The SMILES string of the molecule is CC(C)[Si]1(C(C)C)OC[C@H]2O[C@@H](n3ccc(=O)[nH]c3=O)[C@H](OCOCCCNC(=O)C(F)(F)F)[C@@H]2O[Si](C(C)C)(C(C)C)O1. The number of rotatable bonds is 12. The number of H-pyrrole nitrogens is 1. The number of ether oxygens (including phenoxy) is 3. The second kappa shape index (κ2) is 14.7. The van der Waals surface area contributed by atoms with Crippen LogP contribution >= 0.6 is 0 Å². The number of nitrogens with zero attached hydrogens (tertiary/aromatic N) is 1. The van der Waals surface area contributed by atoms with E-state index in [1.807, 2.05) is 0 Å². The highest BCUT2D eigenvalue weighted by molar-refractivity contribution is 6.84. The molecule has 1 aromatic heterocycles. The Labute approximate surface area is 257 Å². The Kier molecular flexibility index (Phi) is 12.2. The number of amides is 1. The lowest BCUT2D eigenvalue weighted by Gasteiger charge is -2.51. The van der Waals surface area contributed by atoms with Crippen LogP contribution in [0.1, 0.15) is 68.0 Å². The van der Waals surface area contributed by atoms with Gasteiger partial charge in [0.25, 0.3) is 5.56 Å². The lowest BCUT2D eigenvalue weighted by Crippen LogP contribution is -2.66. The Morgan fingerprint density at radius 2 is 1.68 bits per heavy atom. The van der Waals surface area contributed by atoms with Crippen molar-refractivity contribution < 1.29 is 45.1 Å². The minimum absolute atomic E-state index is 0.00730. The summed E-state index contributed by atoms with van der Waals surface area (Å²) in [6, 6.07) is 1.20. The fraction of sp³-hybridized carbons (Fsp3) is 0.815. The third-order valence-corrected chi connectivity index (χ3v) is 18.3. The van der Waals surface area contributed by atoms with Gasteiger partial charge >= 0.3 is 34.9 Å². The molecular weight excluding hydrogens is 623 g/mol. The molecule has 0 aliphatic carbocycles. The zero-order valence-electron chi connectivity index (χ0n) is 26.6. The first-order chi connectivity index (χ1) is 20.5. The highest BCUT2D eigenvalue weighted by atomic mass is 28.5. The van der Waals surface area contributed by atoms with E-state index in [1.54, 1.807) is 5.32 Å². The molecule has 12 nitrogen and oxygen atoms in total. The highest BCUT2D eigenvalue weighted by Crippen LogP contribution is 2.48. The molecule has 3 rings (SSSR count). The molecule has 0 bridgehead atoms. The topological polar surface area (TPSA) is 139 Å². The molecule has 0 unspecified atom stereocenters. The van der Waals surface area contributed by atoms with E-state index in [0.717, 1.165) is 0 Å². The van der Waals surface area contributed by atoms with Gasteiger partial charge in [0.1, 0.15) is 25.1 Å². The summed E-state index contributed by atoms with van der Waals surface area (Å²) >= 11 is 0. The Morgan fingerprint density at radius 1 is 1.07 bits per heavy atom. The molecule has 3 heterocycles. The van der Waals surface area contributed by atoms with E-state index in [2.05, 4.69) is 60.4 Å². The molecule has 0 aromatic carbocycles. The first kappa shape index (κ1) is 36.6. The average molecular weight is 670 g/mol. The fourth-order valence-corrected chi connectivity index (χ4v) is 17.0. The van der Waals surface area contributed by atoms with E-state index in [1.165, 1.54) is 16.8 Å². The number of hydrogen-bond acceptors (Lipinski definition) is 9. The summed E-state index contributed by atoms with van der Waals surface area (Å²) in [5, 5.41) is 1.78. The first-order valence-corrected chi connectivity index (χ1v) is 18.9. The van der Waals surface area contributed by atoms with Gasteiger partial charge in [-0.25, -0.2) is 4.79 Å². The summed E-state index contributed by atoms with van der Waals surface area (Å²) in [5.41, 5.74) is -1.05. The predicted octanol–water partition coefficient (Wildman–Crippen LogP) is 3.82. The van der Waals surface area contributed by atoms with Crippen LogP contribution < -0.4 is 16.6 Å². The summed E-state index contributed by atoms with van der Waals surface area (Å²) in [6.45, 7) is 16.2. The maximum absolute atomic E-state index is 12.9. The van der Waals surface area contributed by atoms with E-state index >= 15 is 0 Å². The van der Waals surface area contributed by atoms with Gasteiger partial charge in [0.2, 0.25) is 0 Å². The zero-order chi connectivity index (χ0) is 33.0. The Balaban J connectivity index is 1.90. The molecule has 2 saturated heterocycles. The normalized spacial score (nSPS) is 25.3. The second-order valence-electron chi connectivity index (χ2n) is 12.4. The Morgan fingerprint density at radius 3 is 2.23 bits per heavy atom. The molecule has 1 aromatic rings. The molecule has 4 atom stereocenters. The van der Waals surface area contributed by atoms with E-state index < -0.39 is 65.0 Å². The molecular formula is C27H46F3N3O9Si2. The quantitative estimate of drug-likeness (QED) is 0.193. The summed E-state index contributed by atoms with van der Waals surface area (Å²) in [4.78, 5) is 37.9. The molecule has 2 fully saturated rings. The van der Waals surface area contributed by atoms with Gasteiger partial charge in [0.05, 0.1) is 13.2 Å². The van der Waals surface area contributed by atoms with Gasteiger partial charge in [0.15, 0.2) is 6.23 Å². The number of nitrogens with one attached hydrogen (secondary N) is 2. The van der Waals surface area contributed by atoms with Crippen molar-refractivity contribution in [3.63, 3.8) is 0 Å². The van der Waals surface area contributed by atoms with E-state index in [-0.39, 0.29) is 55.1 Å². The van der Waals surface area contributed by atoms with Crippen molar-refractivity contribution in [1.82, 2.24) is 14.9 Å². The number of aromatic nitrogens is 2. The molecule has 2 aliphatic heterocycles. The second-order valence-corrected chi connectivity index (χ2v) is 21.2. The number of hydrogen-bond donors (Lipinski definition) is 2. The number of fused-ring (bicyclic) bond motifs is 1. The summed E-state index contributed by atoms with van der Waals surface area (Å²) in [7, 11) is -5.97. The average Bonchev–Trinajstić information content (AvgIpc) is 3.22. The molecule has 0 spiro atoms. The molecule has 252 valence electrons. The number of carbonyl (C=O) groups is 1. The summed E-state index contributed by atoms with van der Waals surface area (Å²) in [5.74, 6) is -2.02. The Bertz CT molecular complexity index is 1210. The molecule has 1 amide bonds. The van der Waals surface area contributed by atoms with Crippen LogP contribution in [0, 0.1) is 0 Å². The van der Waals surface area contributed by atoms with Crippen LogP contribution in [0.25, 0.3) is 0 Å². The van der Waals surface area contributed by atoms with Crippen molar-refractivity contribution in [1.29, 1.82) is 0 Å². The van der Waals surface area contributed by atoms with Crippen molar-refractivity contribution in [3.05, 3.63) is 33.1 Å². The van der Waals surface area contributed by atoms with Gasteiger partial charge in [0, 0.05) is 18.8 Å². The minimum atomic E-state index is -4.96. The van der Waals surface area contributed by atoms with Gasteiger partial charge in [-0.15, -0.1) is 0 Å². The summed E-state index contributed by atoms with van der Waals surface area (Å²) in [6.07, 6.45) is -6.86.